The summed E-state index contributed by atoms with van der Waals surface area (Å²) in [5.41, 5.74) is 8.02. The minimum Gasteiger partial charge on any atom is -0.399 e. The van der Waals surface area contributed by atoms with Crippen molar-refractivity contribution in [2.45, 2.75) is 19.5 Å². The van der Waals surface area contributed by atoms with Crippen LogP contribution in [0, 0.1) is 5.82 Å². The Bertz CT molecular complexity index is 581. The van der Waals surface area contributed by atoms with Crippen LogP contribution in [0.2, 0.25) is 5.02 Å². The third-order valence-corrected chi connectivity index (χ3v) is 3.77. The Balaban J connectivity index is 2.15. The average molecular weight is 293 g/mol. The normalized spacial score (nSPS) is 12.7. The van der Waals surface area contributed by atoms with Gasteiger partial charge in [-0.05, 0) is 49.4 Å². The van der Waals surface area contributed by atoms with Crippen LogP contribution < -0.4 is 5.73 Å². The summed E-state index contributed by atoms with van der Waals surface area (Å²) in [5, 5.41) is 0.741. The molecule has 2 nitrogen and oxygen atoms in total. The Kier molecular flexibility index (Phi) is 4.63. The largest absolute Gasteiger partial charge is 0.399 e. The van der Waals surface area contributed by atoms with Crippen molar-refractivity contribution >= 4 is 17.3 Å². The summed E-state index contributed by atoms with van der Waals surface area (Å²) in [7, 11) is 1.98. The number of rotatable bonds is 4. The van der Waals surface area contributed by atoms with E-state index in [1.165, 1.54) is 12.1 Å². The molecule has 0 radical (unpaired) electrons. The standard InChI is InChI=1S/C16H18ClFN2/c1-11(15-5-3-4-6-16(15)17)20(2)10-12-7-13(18)9-14(19)8-12/h3-9,11H,10,19H2,1-2H3. The molecule has 4 heteroatoms. The zero-order valence-corrected chi connectivity index (χ0v) is 12.4. The number of hydrogen-bond acceptors (Lipinski definition) is 2. The third kappa shape index (κ3) is 3.50. The number of nitrogen functional groups attached to an aromatic ring is 1. The number of benzene rings is 2. The molecular formula is C16H18ClFN2. The molecule has 1 atom stereocenters. The van der Waals surface area contributed by atoms with Gasteiger partial charge in [-0.25, -0.2) is 4.39 Å². The molecule has 1 unspecified atom stereocenters. The van der Waals surface area contributed by atoms with Crippen LogP contribution in [0.4, 0.5) is 10.1 Å². The molecule has 0 saturated carbocycles. The molecule has 0 saturated heterocycles. The minimum atomic E-state index is -0.307. The number of nitrogens with zero attached hydrogens (tertiary/aromatic N) is 1. The molecule has 2 rings (SSSR count). The van der Waals surface area contributed by atoms with E-state index in [4.69, 9.17) is 17.3 Å². The minimum absolute atomic E-state index is 0.133. The molecule has 0 spiro atoms. The van der Waals surface area contributed by atoms with Gasteiger partial charge in [0.15, 0.2) is 0 Å². The van der Waals surface area contributed by atoms with Crippen LogP contribution in [0.25, 0.3) is 0 Å². The van der Waals surface area contributed by atoms with Crippen LogP contribution in [0.5, 0.6) is 0 Å². The lowest BCUT2D eigenvalue weighted by molar-refractivity contribution is 0.253. The highest BCUT2D eigenvalue weighted by atomic mass is 35.5. The van der Waals surface area contributed by atoms with Crippen molar-refractivity contribution in [2.24, 2.45) is 0 Å². The number of nitrogens with two attached hydrogens (primary N) is 1. The van der Waals surface area contributed by atoms with Gasteiger partial charge in [0, 0.05) is 23.3 Å². The van der Waals surface area contributed by atoms with Crippen LogP contribution in [0.1, 0.15) is 24.1 Å². The highest BCUT2D eigenvalue weighted by Crippen LogP contribution is 2.27. The summed E-state index contributed by atoms with van der Waals surface area (Å²) in [4.78, 5) is 2.11. The molecule has 0 aliphatic heterocycles. The van der Waals surface area contributed by atoms with E-state index in [-0.39, 0.29) is 11.9 Å². The van der Waals surface area contributed by atoms with E-state index >= 15 is 0 Å². The molecule has 0 aliphatic carbocycles. The first-order valence-electron chi connectivity index (χ1n) is 6.47. The molecule has 0 heterocycles. The second kappa shape index (κ2) is 6.25. The molecule has 106 valence electrons. The summed E-state index contributed by atoms with van der Waals surface area (Å²) in [6, 6.07) is 12.5. The zero-order valence-electron chi connectivity index (χ0n) is 11.6. The maximum absolute atomic E-state index is 13.3. The lowest BCUT2D eigenvalue weighted by Gasteiger charge is -2.26. The highest BCUT2D eigenvalue weighted by molar-refractivity contribution is 6.31. The van der Waals surface area contributed by atoms with E-state index in [1.807, 2.05) is 31.3 Å². The van der Waals surface area contributed by atoms with Gasteiger partial charge in [0.2, 0.25) is 0 Å². The molecular weight excluding hydrogens is 275 g/mol. The summed E-state index contributed by atoms with van der Waals surface area (Å²) in [6.45, 7) is 2.68. The van der Waals surface area contributed by atoms with Gasteiger partial charge in [-0.2, -0.15) is 0 Å². The van der Waals surface area contributed by atoms with Crippen LogP contribution in [-0.2, 0) is 6.54 Å². The van der Waals surface area contributed by atoms with E-state index in [0.29, 0.717) is 12.2 Å². The van der Waals surface area contributed by atoms with Crippen LogP contribution >= 0.6 is 11.6 Å². The second-order valence-electron chi connectivity index (χ2n) is 5.01. The molecule has 0 fully saturated rings. The molecule has 20 heavy (non-hydrogen) atoms. The van der Waals surface area contributed by atoms with Crippen molar-refractivity contribution < 1.29 is 4.39 Å². The fraction of sp³-hybridized carbons (Fsp3) is 0.250. The summed E-state index contributed by atoms with van der Waals surface area (Å²) in [6.07, 6.45) is 0. The predicted octanol–water partition coefficient (Wildman–Crippen LogP) is 4.25. The summed E-state index contributed by atoms with van der Waals surface area (Å²) in [5.74, 6) is -0.307. The van der Waals surface area contributed by atoms with Crippen LogP contribution in [0.3, 0.4) is 0 Å². The number of halogens is 2. The predicted molar refractivity (Wildman–Crippen MR) is 82.1 cm³/mol. The highest BCUT2D eigenvalue weighted by Gasteiger charge is 2.15. The second-order valence-corrected chi connectivity index (χ2v) is 5.41. The van der Waals surface area contributed by atoms with Gasteiger partial charge in [-0.1, -0.05) is 29.8 Å². The topological polar surface area (TPSA) is 29.3 Å². The van der Waals surface area contributed by atoms with E-state index < -0.39 is 0 Å². The molecule has 0 amide bonds. The van der Waals surface area contributed by atoms with Gasteiger partial charge in [-0.3, -0.25) is 4.90 Å². The molecule has 0 bridgehead atoms. The SMILES string of the molecule is CC(c1ccccc1Cl)N(C)Cc1cc(N)cc(F)c1. The Morgan fingerprint density at radius 2 is 1.95 bits per heavy atom. The van der Waals surface area contributed by atoms with Crippen molar-refractivity contribution in [1.82, 2.24) is 4.90 Å². The van der Waals surface area contributed by atoms with Crippen molar-refractivity contribution in [3.05, 3.63) is 64.4 Å². The van der Waals surface area contributed by atoms with Gasteiger partial charge in [0.05, 0.1) is 0 Å². The first-order valence-corrected chi connectivity index (χ1v) is 6.85. The quantitative estimate of drug-likeness (QED) is 0.854. The summed E-state index contributed by atoms with van der Waals surface area (Å²) >= 11 is 6.21. The zero-order chi connectivity index (χ0) is 14.7. The maximum Gasteiger partial charge on any atom is 0.125 e. The number of anilines is 1. The van der Waals surface area contributed by atoms with Gasteiger partial charge in [0.25, 0.3) is 0 Å². The van der Waals surface area contributed by atoms with Crippen LogP contribution in [0.15, 0.2) is 42.5 Å². The molecule has 0 aliphatic rings. The summed E-state index contributed by atoms with van der Waals surface area (Å²) < 4.78 is 13.3. The molecule has 0 aromatic heterocycles. The lowest BCUT2D eigenvalue weighted by atomic mass is 10.1. The van der Waals surface area contributed by atoms with Crippen molar-refractivity contribution in [2.75, 3.05) is 12.8 Å². The van der Waals surface area contributed by atoms with Gasteiger partial charge in [0.1, 0.15) is 5.82 Å². The molecule has 2 N–H and O–H groups in total. The fourth-order valence-electron chi connectivity index (χ4n) is 2.24. The van der Waals surface area contributed by atoms with Crippen LogP contribution in [-0.4, -0.2) is 11.9 Å². The smallest absolute Gasteiger partial charge is 0.125 e. The van der Waals surface area contributed by atoms with Gasteiger partial charge in [-0.15, -0.1) is 0 Å². The first-order chi connectivity index (χ1) is 9.47. The van der Waals surface area contributed by atoms with E-state index in [1.54, 1.807) is 6.07 Å². The van der Waals surface area contributed by atoms with E-state index in [9.17, 15) is 4.39 Å². The Morgan fingerprint density at radius 3 is 2.60 bits per heavy atom. The first kappa shape index (κ1) is 14.8. The Morgan fingerprint density at radius 1 is 1.25 bits per heavy atom. The fourth-order valence-corrected chi connectivity index (χ4v) is 2.54. The van der Waals surface area contributed by atoms with Gasteiger partial charge < -0.3 is 5.73 Å². The lowest BCUT2D eigenvalue weighted by Crippen LogP contribution is -2.22. The Labute approximate surface area is 124 Å². The van der Waals surface area contributed by atoms with Crippen molar-refractivity contribution in [1.29, 1.82) is 0 Å². The Hall–Kier alpha value is -1.58. The van der Waals surface area contributed by atoms with Crippen molar-refractivity contribution in [3.63, 3.8) is 0 Å². The van der Waals surface area contributed by atoms with E-state index in [0.717, 1.165) is 16.1 Å². The van der Waals surface area contributed by atoms with Crippen molar-refractivity contribution in [3.8, 4) is 0 Å². The third-order valence-electron chi connectivity index (χ3n) is 3.43. The molecule has 2 aromatic rings. The maximum atomic E-state index is 13.3. The molecule has 2 aromatic carbocycles. The monoisotopic (exact) mass is 292 g/mol. The average Bonchev–Trinajstić information content (AvgIpc) is 2.37. The van der Waals surface area contributed by atoms with Gasteiger partial charge >= 0.3 is 0 Å². The van der Waals surface area contributed by atoms with E-state index in [2.05, 4.69) is 11.8 Å². The number of hydrogen-bond donors (Lipinski definition) is 1.